The molecule has 0 heterocycles. The number of carboxylic acids is 1. The van der Waals surface area contributed by atoms with Crippen molar-refractivity contribution < 1.29 is 14.6 Å². The molecule has 0 spiro atoms. The second-order valence-corrected chi connectivity index (χ2v) is 6.51. The minimum Gasteiger partial charge on any atom is -0.479 e. The van der Waals surface area contributed by atoms with E-state index in [2.05, 4.69) is 5.92 Å². The predicted molar refractivity (Wildman–Crippen MR) is 66.8 cm³/mol. The van der Waals surface area contributed by atoms with Crippen LogP contribution in [0.3, 0.4) is 0 Å². The summed E-state index contributed by atoms with van der Waals surface area (Å²) in [7, 11) is 0. The number of rotatable bonds is 4. The van der Waals surface area contributed by atoms with Crippen LogP contribution in [0, 0.1) is 35.5 Å². The molecule has 0 aromatic heterocycles. The van der Waals surface area contributed by atoms with E-state index in [0.717, 1.165) is 37.0 Å². The highest BCUT2D eigenvalue weighted by atomic mass is 16.5. The Morgan fingerprint density at radius 1 is 1.28 bits per heavy atom. The van der Waals surface area contributed by atoms with E-state index in [0.29, 0.717) is 0 Å². The van der Waals surface area contributed by atoms with Gasteiger partial charge in [-0.3, -0.25) is 0 Å². The lowest BCUT2D eigenvalue weighted by Gasteiger charge is -2.58. The SMILES string of the molecule is C#CCOC(C(=O)O)C12CC3CC(CC(C3)C1)C2. The zero-order valence-electron chi connectivity index (χ0n) is 10.6. The van der Waals surface area contributed by atoms with E-state index in [1.165, 1.54) is 19.3 Å². The van der Waals surface area contributed by atoms with Gasteiger partial charge in [-0.25, -0.2) is 4.79 Å². The van der Waals surface area contributed by atoms with Gasteiger partial charge in [-0.2, -0.15) is 0 Å². The molecule has 0 aromatic rings. The zero-order chi connectivity index (χ0) is 12.8. The van der Waals surface area contributed by atoms with Gasteiger partial charge in [0.25, 0.3) is 0 Å². The molecule has 3 nitrogen and oxygen atoms in total. The van der Waals surface area contributed by atoms with E-state index in [-0.39, 0.29) is 12.0 Å². The van der Waals surface area contributed by atoms with Gasteiger partial charge in [0, 0.05) is 5.41 Å². The summed E-state index contributed by atoms with van der Waals surface area (Å²) in [5.41, 5.74) is -0.128. The quantitative estimate of drug-likeness (QED) is 0.777. The maximum absolute atomic E-state index is 11.5. The normalized spacial score (nSPS) is 42.5. The molecule has 98 valence electrons. The lowest BCUT2D eigenvalue weighted by Crippen LogP contribution is -2.54. The summed E-state index contributed by atoms with van der Waals surface area (Å²) >= 11 is 0. The van der Waals surface area contributed by atoms with Crippen molar-refractivity contribution in [2.24, 2.45) is 23.2 Å². The summed E-state index contributed by atoms with van der Waals surface area (Å²) in [5, 5.41) is 9.47. The molecule has 4 aliphatic carbocycles. The summed E-state index contributed by atoms with van der Waals surface area (Å²) in [6, 6.07) is 0. The zero-order valence-corrected chi connectivity index (χ0v) is 10.6. The minimum atomic E-state index is -0.827. The number of ether oxygens (including phenoxy) is 1. The lowest BCUT2D eigenvalue weighted by molar-refractivity contribution is -0.178. The Labute approximate surface area is 108 Å². The van der Waals surface area contributed by atoms with Crippen LogP contribution in [-0.4, -0.2) is 23.8 Å². The molecule has 4 rings (SSSR count). The minimum absolute atomic E-state index is 0.110. The molecular weight excluding hydrogens is 228 g/mol. The Balaban J connectivity index is 1.84. The highest BCUT2D eigenvalue weighted by Gasteiger charge is 2.56. The number of hydrogen-bond acceptors (Lipinski definition) is 2. The molecule has 0 aromatic carbocycles. The van der Waals surface area contributed by atoms with Gasteiger partial charge in [0.15, 0.2) is 6.10 Å². The first-order valence-corrected chi connectivity index (χ1v) is 6.91. The van der Waals surface area contributed by atoms with Crippen LogP contribution in [-0.2, 0) is 9.53 Å². The smallest absolute Gasteiger partial charge is 0.333 e. The van der Waals surface area contributed by atoms with Gasteiger partial charge in [-0.15, -0.1) is 6.42 Å². The molecular formula is C15H20O3. The van der Waals surface area contributed by atoms with E-state index in [1.807, 2.05) is 0 Å². The molecule has 0 aliphatic heterocycles. The van der Waals surface area contributed by atoms with Crippen LogP contribution in [0.15, 0.2) is 0 Å². The van der Waals surface area contributed by atoms with Crippen molar-refractivity contribution in [2.45, 2.75) is 44.6 Å². The molecule has 4 fully saturated rings. The number of carbonyl (C=O) groups is 1. The van der Waals surface area contributed by atoms with Crippen LogP contribution in [0.4, 0.5) is 0 Å². The Kier molecular flexibility index (Phi) is 2.86. The third kappa shape index (κ3) is 1.83. The molecule has 0 amide bonds. The third-order valence-electron chi connectivity index (χ3n) is 5.20. The van der Waals surface area contributed by atoms with E-state index < -0.39 is 12.1 Å². The first kappa shape index (κ1) is 12.0. The maximum Gasteiger partial charge on any atom is 0.333 e. The van der Waals surface area contributed by atoms with E-state index in [9.17, 15) is 9.90 Å². The van der Waals surface area contributed by atoms with Crippen molar-refractivity contribution in [2.75, 3.05) is 6.61 Å². The van der Waals surface area contributed by atoms with Crippen molar-refractivity contribution in [3.63, 3.8) is 0 Å². The van der Waals surface area contributed by atoms with Gasteiger partial charge < -0.3 is 9.84 Å². The van der Waals surface area contributed by atoms with E-state index >= 15 is 0 Å². The van der Waals surface area contributed by atoms with Gasteiger partial charge in [0.2, 0.25) is 0 Å². The van der Waals surface area contributed by atoms with Crippen LogP contribution in [0.5, 0.6) is 0 Å². The molecule has 0 saturated heterocycles. The van der Waals surface area contributed by atoms with Gasteiger partial charge in [0.05, 0.1) is 0 Å². The average molecular weight is 248 g/mol. The molecule has 1 atom stereocenters. The molecule has 4 bridgehead atoms. The van der Waals surface area contributed by atoms with E-state index in [4.69, 9.17) is 11.2 Å². The molecule has 1 unspecified atom stereocenters. The molecule has 18 heavy (non-hydrogen) atoms. The summed E-state index contributed by atoms with van der Waals surface area (Å²) in [6.07, 6.45) is 11.5. The lowest BCUT2D eigenvalue weighted by atomic mass is 9.48. The van der Waals surface area contributed by atoms with Crippen LogP contribution in [0.1, 0.15) is 38.5 Å². The third-order valence-corrected chi connectivity index (χ3v) is 5.20. The molecule has 0 radical (unpaired) electrons. The van der Waals surface area contributed by atoms with Gasteiger partial charge in [-0.1, -0.05) is 5.92 Å². The standard InChI is InChI=1S/C15H20O3/c1-2-3-18-13(14(16)17)15-7-10-4-11(8-15)6-12(5-10)9-15/h1,10-13H,3-9H2,(H,16,17). The van der Waals surface area contributed by atoms with Crippen LogP contribution in [0.25, 0.3) is 0 Å². The summed E-state index contributed by atoms with van der Waals surface area (Å²) < 4.78 is 5.50. The van der Waals surface area contributed by atoms with Crippen molar-refractivity contribution in [3.8, 4) is 12.3 Å². The van der Waals surface area contributed by atoms with Gasteiger partial charge in [-0.05, 0) is 56.3 Å². The Hall–Kier alpha value is -1.01. The van der Waals surface area contributed by atoms with Crippen molar-refractivity contribution in [1.29, 1.82) is 0 Å². The molecule has 1 N–H and O–H groups in total. The predicted octanol–water partition coefficient (Wildman–Crippen LogP) is 2.31. The van der Waals surface area contributed by atoms with Crippen LogP contribution < -0.4 is 0 Å². The fourth-order valence-electron chi connectivity index (χ4n) is 5.14. The van der Waals surface area contributed by atoms with Crippen molar-refractivity contribution >= 4 is 5.97 Å². The highest BCUT2D eigenvalue weighted by molar-refractivity contribution is 5.73. The fraction of sp³-hybridized carbons (Fsp3) is 0.800. The van der Waals surface area contributed by atoms with Crippen LogP contribution in [0.2, 0.25) is 0 Å². The topological polar surface area (TPSA) is 46.5 Å². The molecule has 4 aliphatic rings. The van der Waals surface area contributed by atoms with Crippen molar-refractivity contribution in [3.05, 3.63) is 0 Å². The number of terminal acetylenes is 1. The Morgan fingerprint density at radius 2 is 1.78 bits per heavy atom. The molecule has 3 heteroatoms. The first-order valence-electron chi connectivity index (χ1n) is 6.91. The summed E-state index contributed by atoms with van der Waals surface area (Å²) in [6.45, 7) is 0.110. The largest absolute Gasteiger partial charge is 0.479 e. The monoisotopic (exact) mass is 248 g/mol. The first-order chi connectivity index (χ1) is 8.63. The van der Waals surface area contributed by atoms with Crippen LogP contribution >= 0.6 is 0 Å². The highest BCUT2D eigenvalue weighted by Crippen LogP contribution is 2.61. The van der Waals surface area contributed by atoms with Gasteiger partial charge in [0.1, 0.15) is 6.61 Å². The summed E-state index contributed by atoms with van der Waals surface area (Å²) in [4.78, 5) is 11.5. The number of aliphatic carboxylic acids is 1. The second-order valence-electron chi connectivity index (χ2n) is 6.51. The Bertz CT molecular complexity index is 358. The fourth-order valence-corrected chi connectivity index (χ4v) is 5.14. The average Bonchev–Trinajstić information content (AvgIpc) is 2.26. The van der Waals surface area contributed by atoms with Gasteiger partial charge >= 0.3 is 5.97 Å². The maximum atomic E-state index is 11.5. The number of hydrogen-bond donors (Lipinski definition) is 1. The number of carboxylic acid groups (broad SMARTS) is 1. The molecule has 4 saturated carbocycles. The second kappa shape index (κ2) is 4.28. The van der Waals surface area contributed by atoms with E-state index in [1.54, 1.807) is 0 Å². The summed E-state index contributed by atoms with van der Waals surface area (Å²) in [5.74, 6) is 3.76. The Morgan fingerprint density at radius 3 is 2.17 bits per heavy atom. The van der Waals surface area contributed by atoms with Crippen molar-refractivity contribution in [1.82, 2.24) is 0 Å².